The first kappa shape index (κ1) is 15.9. The molecule has 8 heteroatoms. The normalized spacial score (nSPS) is 13.3. The molecule has 0 spiro atoms. The molecule has 1 aromatic carbocycles. The van der Waals surface area contributed by atoms with Crippen molar-refractivity contribution >= 4 is 27.3 Å². The summed E-state index contributed by atoms with van der Waals surface area (Å²) in [7, 11) is -3.81. The van der Waals surface area contributed by atoms with Gasteiger partial charge in [-0.1, -0.05) is 0 Å². The van der Waals surface area contributed by atoms with Crippen molar-refractivity contribution in [1.29, 1.82) is 0 Å². The maximum absolute atomic E-state index is 12.0. The second kappa shape index (κ2) is 5.85. The predicted octanol–water partition coefficient (Wildman–Crippen LogP) is 2.12. The molecule has 0 bridgehead atoms. The Kier molecular flexibility index (Phi) is 4.89. The smallest absolute Gasteiger partial charge is 0.258 e. The van der Waals surface area contributed by atoms with Crippen molar-refractivity contribution in [3.63, 3.8) is 0 Å². The third-order valence-corrected chi connectivity index (χ3v) is 4.74. The molecule has 1 aromatic rings. The van der Waals surface area contributed by atoms with Gasteiger partial charge in [-0.3, -0.25) is 10.1 Å². The Labute approximate surface area is 117 Å². The number of nitrogens with zero attached hydrogens (tertiary/aromatic N) is 1. The molecule has 1 rings (SSSR count). The lowest BCUT2D eigenvalue weighted by atomic mass is 10.1. The highest BCUT2D eigenvalue weighted by atomic mass is 35.5. The summed E-state index contributed by atoms with van der Waals surface area (Å²) in [6, 6.07) is 2.02. The molecule has 0 saturated heterocycles. The summed E-state index contributed by atoms with van der Waals surface area (Å²) in [6.07, 6.45) is 0. The highest BCUT2D eigenvalue weighted by Gasteiger charge is 2.22. The summed E-state index contributed by atoms with van der Waals surface area (Å²) in [5, 5.41) is 10.9. The molecule has 0 aliphatic heterocycles. The summed E-state index contributed by atoms with van der Waals surface area (Å²) in [5.74, 6) is 0.117. The molecule has 0 radical (unpaired) electrons. The molecule has 0 heterocycles. The summed E-state index contributed by atoms with van der Waals surface area (Å²) >= 11 is 5.55. The average Bonchev–Trinajstić information content (AvgIpc) is 2.31. The number of hydrogen-bond donors (Lipinski definition) is 1. The lowest BCUT2D eigenvalue weighted by molar-refractivity contribution is -0.385. The van der Waals surface area contributed by atoms with Gasteiger partial charge in [0, 0.05) is 23.6 Å². The van der Waals surface area contributed by atoms with Crippen molar-refractivity contribution in [3.05, 3.63) is 33.4 Å². The van der Waals surface area contributed by atoms with Gasteiger partial charge < -0.3 is 0 Å². The van der Waals surface area contributed by atoms with Crippen molar-refractivity contribution in [3.8, 4) is 0 Å². The third kappa shape index (κ3) is 3.65. The number of alkyl halides is 1. The van der Waals surface area contributed by atoms with Crippen LogP contribution in [0.1, 0.15) is 18.1 Å². The van der Waals surface area contributed by atoms with E-state index in [4.69, 9.17) is 11.6 Å². The second-order valence-electron chi connectivity index (χ2n) is 4.32. The van der Waals surface area contributed by atoms with E-state index in [1.165, 1.54) is 6.07 Å². The van der Waals surface area contributed by atoms with Crippen LogP contribution in [0.2, 0.25) is 0 Å². The lowest BCUT2D eigenvalue weighted by Crippen LogP contribution is -2.33. The standard InChI is InChI=1S/C11H15ClN2O4S/c1-7-4-10(5-11(9(7)3)14(15)16)19(17,18)13-8(2)6-12/h4-5,8,13H,6H2,1-3H3. The van der Waals surface area contributed by atoms with Gasteiger partial charge in [-0.2, -0.15) is 0 Å². The number of aryl methyl sites for hydroxylation is 1. The van der Waals surface area contributed by atoms with Crippen LogP contribution in [0.5, 0.6) is 0 Å². The zero-order valence-electron chi connectivity index (χ0n) is 10.8. The molecule has 0 aliphatic carbocycles. The van der Waals surface area contributed by atoms with Crippen LogP contribution in [0.25, 0.3) is 0 Å². The quantitative estimate of drug-likeness (QED) is 0.512. The van der Waals surface area contributed by atoms with E-state index >= 15 is 0 Å². The van der Waals surface area contributed by atoms with E-state index in [0.717, 1.165) is 6.07 Å². The minimum absolute atomic E-state index is 0.117. The molecular weight excluding hydrogens is 292 g/mol. The lowest BCUT2D eigenvalue weighted by Gasteiger charge is -2.12. The molecule has 0 fully saturated rings. The minimum atomic E-state index is -3.81. The number of nitrogens with one attached hydrogen (secondary N) is 1. The number of nitro benzene ring substituents is 1. The Bertz CT molecular complexity index is 601. The molecule has 1 atom stereocenters. The van der Waals surface area contributed by atoms with Gasteiger partial charge in [-0.05, 0) is 32.4 Å². The van der Waals surface area contributed by atoms with E-state index in [0.29, 0.717) is 11.1 Å². The van der Waals surface area contributed by atoms with Gasteiger partial charge in [-0.25, -0.2) is 13.1 Å². The van der Waals surface area contributed by atoms with Crippen molar-refractivity contribution in [2.45, 2.75) is 31.7 Å². The third-order valence-electron chi connectivity index (χ3n) is 2.71. The van der Waals surface area contributed by atoms with E-state index in [9.17, 15) is 18.5 Å². The molecular formula is C11H15ClN2O4S. The topological polar surface area (TPSA) is 89.3 Å². The fourth-order valence-electron chi connectivity index (χ4n) is 1.52. The zero-order valence-corrected chi connectivity index (χ0v) is 12.4. The molecule has 106 valence electrons. The Morgan fingerprint density at radius 3 is 2.47 bits per heavy atom. The molecule has 1 unspecified atom stereocenters. The Hall–Kier alpha value is -1.18. The average molecular weight is 307 g/mol. The minimum Gasteiger partial charge on any atom is -0.258 e. The van der Waals surface area contributed by atoms with E-state index in [1.807, 2.05) is 0 Å². The number of nitro groups is 1. The van der Waals surface area contributed by atoms with Crippen LogP contribution < -0.4 is 4.72 Å². The first-order chi connectivity index (χ1) is 8.69. The van der Waals surface area contributed by atoms with Gasteiger partial charge in [0.1, 0.15) is 0 Å². The van der Waals surface area contributed by atoms with Crippen LogP contribution in [0.4, 0.5) is 5.69 Å². The van der Waals surface area contributed by atoms with Crippen LogP contribution in [0.15, 0.2) is 17.0 Å². The Morgan fingerprint density at radius 2 is 2.00 bits per heavy atom. The van der Waals surface area contributed by atoms with Gasteiger partial charge in [0.05, 0.1) is 9.82 Å². The second-order valence-corrected chi connectivity index (χ2v) is 6.34. The number of benzene rings is 1. The van der Waals surface area contributed by atoms with Crippen LogP contribution in [-0.4, -0.2) is 25.3 Å². The monoisotopic (exact) mass is 306 g/mol. The van der Waals surface area contributed by atoms with Crippen LogP contribution in [0.3, 0.4) is 0 Å². The fraction of sp³-hybridized carbons (Fsp3) is 0.455. The molecule has 19 heavy (non-hydrogen) atoms. The fourth-order valence-corrected chi connectivity index (χ4v) is 3.03. The summed E-state index contributed by atoms with van der Waals surface area (Å²) in [5.41, 5.74) is 0.793. The van der Waals surface area contributed by atoms with Gasteiger partial charge in [0.25, 0.3) is 5.69 Å². The summed E-state index contributed by atoms with van der Waals surface area (Å²) in [4.78, 5) is 10.2. The van der Waals surface area contributed by atoms with Gasteiger partial charge >= 0.3 is 0 Å². The molecule has 0 aromatic heterocycles. The summed E-state index contributed by atoms with van der Waals surface area (Å²) < 4.78 is 26.4. The Morgan fingerprint density at radius 1 is 1.42 bits per heavy atom. The van der Waals surface area contributed by atoms with Gasteiger partial charge in [-0.15, -0.1) is 11.6 Å². The van der Waals surface area contributed by atoms with Crippen molar-refractivity contribution in [1.82, 2.24) is 4.72 Å². The van der Waals surface area contributed by atoms with E-state index < -0.39 is 21.0 Å². The first-order valence-electron chi connectivity index (χ1n) is 5.53. The molecule has 6 nitrogen and oxygen atoms in total. The highest BCUT2D eigenvalue weighted by Crippen LogP contribution is 2.25. The van der Waals surface area contributed by atoms with Crippen LogP contribution in [-0.2, 0) is 10.0 Å². The van der Waals surface area contributed by atoms with E-state index in [-0.39, 0.29) is 16.5 Å². The zero-order chi connectivity index (χ0) is 14.8. The maximum Gasteiger partial charge on any atom is 0.273 e. The number of rotatable bonds is 5. The largest absolute Gasteiger partial charge is 0.273 e. The Balaban J connectivity index is 3.32. The van der Waals surface area contributed by atoms with E-state index in [1.54, 1.807) is 20.8 Å². The van der Waals surface area contributed by atoms with E-state index in [2.05, 4.69) is 4.72 Å². The number of hydrogen-bond acceptors (Lipinski definition) is 4. The van der Waals surface area contributed by atoms with Gasteiger partial charge in [0.2, 0.25) is 10.0 Å². The van der Waals surface area contributed by atoms with Crippen LogP contribution >= 0.6 is 11.6 Å². The van der Waals surface area contributed by atoms with Crippen molar-refractivity contribution < 1.29 is 13.3 Å². The van der Waals surface area contributed by atoms with Crippen molar-refractivity contribution in [2.24, 2.45) is 0 Å². The summed E-state index contributed by atoms with van der Waals surface area (Å²) in [6.45, 7) is 4.82. The van der Waals surface area contributed by atoms with Crippen molar-refractivity contribution in [2.75, 3.05) is 5.88 Å². The molecule has 0 amide bonds. The maximum atomic E-state index is 12.0. The number of sulfonamides is 1. The highest BCUT2D eigenvalue weighted by molar-refractivity contribution is 7.89. The first-order valence-corrected chi connectivity index (χ1v) is 7.54. The predicted molar refractivity (Wildman–Crippen MR) is 73.1 cm³/mol. The molecule has 0 saturated carbocycles. The van der Waals surface area contributed by atoms with Crippen LogP contribution in [0, 0.1) is 24.0 Å². The van der Waals surface area contributed by atoms with Gasteiger partial charge in [0.15, 0.2) is 0 Å². The number of halogens is 1. The SMILES string of the molecule is Cc1cc(S(=O)(=O)NC(C)CCl)cc([N+](=O)[O-])c1C. The molecule has 1 N–H and O–H groups in total. The molecule has 0 aliphatic rings.